The van der Waals surface area contributed by atoms with Crippen LogP contribution in [-0.2, 0) is 4.74 Å². The number of halogens is 1. The van der Waals surface area contributed by atoms with E-state index in [4.69, 9.17) is 21.1 Å². The van der Waals surface area contributed by atoms with E-state index in [9.17, 15) is 4.79 Å². The molecule has 1 unspecified atom stereocenters. The molecule has 0 spiro atoms. The Balaban J connectivity index is 1.49. The summed E-state index contributed by atoms with van der Waals surface area (Å²) in [6.45, 7) is 5.19. The molecule has 9 heteroatoms. The molecule has 32 heavy (non-hydrogen) atoms. The molecule has 4 rings (SSSR count). The van der Waals surface area contributed by atoms with E-state index in [1.807, 2.05) is 43.3 Å². The third-order valence-electron chi connectivity index (χ3n) is 5.49. The second kappa shape index (κ2) is 10.1. The van der Waals surface area contributed by atoms with Crippen molar-refractivity contribution in [2.24, 2.45) is 0 Å². The molecule has 1 N–H and O–H groups in total. The zero-order chi connectivity index (χ0) is 22.5. The molecule has 1 amide bonds. The van der Waals surface area contributed by atoms with E-state index in [1.165, 1.54) is 0 Å². The number of nitrogens with one attached hydrogen (secondary N) is 1. The van der Waals surface area contributed by atoms with Crippen molar-refractivity contribution in [3.8, 4) is 11.4 Å². The number of rotatable bonds is 7. The molecular weight excluding hydrogens is 430 g/mol. The summed E-state index contributed by atoms with van der Waals surface area (Å²) in [6, 6.07) is 15.2. The van der Waals surface area contributed by atoms with E-state index in [1.54, 1.807) is 23.9 Å². The van der Waals surface area contributed by atoms with Crippen LogP contribution in [-0.4, -0.2) is 65.5 Å². The van der Waals surface area contributed by atoms with Crippen LogP contribution in [0.2, 0.25) is 5.02 Å². The summed E-state index contributed by atoms with van der Waals surface area (Å²) in [5.74, 6) is 1.24. The number of ether oxygens (including phenoxy) is 2. The van der Waals surface area contributed by atoms with Crippen molar-refractivity contribution in [2.45, 2.75) is 13.0 Å². The van der Waals surface area contributed by atoms with Crippen LogP contribution in [0.15, 0.2) is 48.5 Å². The van der Waals surface area contributed by atoms with Crippen molar-refractivity contribution in [1.82, 2.24) is 25.0 Å². The molecule has 0 bridgehead atoms. The summed E-state index contributed by atoms with van der Waals surface area (Å²) in [5, 5.41) is 8.04. The first-order valence-electron chi connectivity index (χ1n) is 10.5. The number of aromatic nitrogens is 3. The van der Waals surface area contributed by atoms with Gasteiger partial charge in [0.25, 0.3) is 5.91 Å². The number of methoxy groups -OCH3 is 1. The summed E-state index contributed by atoms with van der Waals surface area (Å²) in [4.78, 5) is 19.5. The predicted octanol–water partition coefficient (Wildman–Crippen LogP) is 3.04. The van der Waals surface area contributed by atoms with Crippen molar-refractivity contribution in [2.75, 3.05) is 40.0 Å². The fourth-order valence-corrected chi connectivity index (χ4v) is 3.88. The molecular formula is C23H26ClN5O3. The molecule has 1 aliphatic heterocycles. The predicted molar refractivity (Wildman–Crippen MR) is 122 cm³/mol. The summed E-state index contributed by atoms with van der Waals surface area (Å²) >= 11 is 5.97. The van der Waals surface area contributed by atoms with Crippen LogP contribution < -0.4 is 10.1 Å². The average Bonchev–Trinajstić information content (AvgIpc) is 3.22. The summed E-state index contributed by atoms with van der Waals surface area (Å²) in [6.07, 6.45) is 0. The highest BCUT2D eigenvalue weighted by molar-refractivity contribution is 6.30. The largest absolute Gasteiger partial charge is 0.497 e. The Morgan fingerprint density at radius 2 is 1.84 bits per heavy atom. The van der Waals surface area contributed by atoms with Crippen molar-refractivity contribution >= 4 is 17.5 Å². The standard InChI is InChI=1S/C23H26ClN5O3/c1-16-26-22(27-29(16)19-7-5-18(24)6-8-19)23(30)25-15-21(28-11-13-32-14-12-28)17-3-9-20(31-2)10-4-17/h3-10,21H,11-15H2,1-2H3,(H,25,30). The van der Waals surface area contributed by atoms with Gasteiger partial charge in [-0.15, -0.1) is 5.10 Å². The molecule has 3 aromatic rings. The van der Waals surface area contributed by atoms with Crippen molar-refractivity contribution in [3.05, 3.63) is 70.8 Å². The lowest BCUT2D eigenvalue weighted by molar-refractivity contribution is 0.0162. The first-order chi connectivity index (χ1) is 15.5. The van der Waals surface area contributed by atoms with E-state index in [0.717, 1.165) is 30.1 Å². The van der Waals surface area contributed by atoms with E-state index in [0.29, 0.717) is 30.6 Å². The lowest BCUT2D eigenvalue weighted by Gasteiger charge is -2.34. The van der Waals surface area contributed by atoms with Gasteiger partial charge in [-0.05, 0) is 48.9 Å². The highest BCUT2D eigenvalue weighted by atomic mass is 35.5. The zero-order valence-electron chi connectivity index (χ0n) is 18.1. The summed E-state index contributed by atoms with van der Waals surface area (Å²) in [5.41, 5.74) is 1.90. The van der Waals surface area contributed by atoms with Crippen molar-refractivity contribution in [3.63, 3.8) is 0 Å². The monoisotopic (exact) mass is 455 g/mol. The van der Waals surface area contributed by atoms with Crippen LogP contribution in [0.25, 0.3) is 5.69 Å². The third kappa shape index (κ3) is 5.09. The maximum absolute atomic E-state index is 12.9. The highest BCUT2D eigenvalue weighted by Gasteiger charge is 2.24. The minimum atomic E-state index is -0.312. The maximum Gasteiger partial charge on any atom is 0.291 e. The number of carbonyl (C=O) groups excluding carboxylic acids is 1. The molecule has 0 saturated carbocycles. The first kappa shape index (κ1) is 22.3. The second-order valence-corrected chi connectivity index (χ2v) is 7.95. The minimum Gasteiger partial charge on any atom is -0.497 e. The molecule has 1 aliphatic rings. The normalized spacial score (nSPS) is 15.3. The molecule has 0 aliphatic carbocycles. The molecule has 168 valence electrons. The lowest BCUT2D eigenvalue weighted by atomic mass is 10.0. The topological polar surface area (TPSA) is 81.5 Å². The van der Waals surface area contributed by atoms with Gasteiger partial charge in [0.15, 0.2) is 0 Å². The fraction of sp³-hybridized carbons (Fsp3) is 0.348. The lowest BCUT2D eigenvalue weighted by Crippen LogP contribution is -2.44. The molecule has 1 saturated heterocycles. The van der Waals surface area contributed by atoms with Gasteiger partial charge in [-0.25, -0.2) is 9.67 Å². The van der Waals surface area contributed by atoms with Crippen molar-refractivity contribution in [1.29, 1.82) is 0 Å². The van der Waals surface area contributed by atoms with Crippen LogP contribution in [0.4, 0.5) is 0 Å². The highest BCUT2D eigenvalue weighted by Crippen LogP contribution is 2.24. The number of morpholine rings is 1. The number of benzene rings is 2. The number of carbonyl (C=O) groups is 1. The Labute approximate surface area is 192 Å². The Hall–Kier alpha value is -2.94. The van der Waals surface area contributed by atoms with Crippen LogP contribution in [0.3, 0.4) is 0 Å². The van der Waals surface area contributed by atoms with Gasteiger partial charge in [0.05, 0.1) is 32.1 Å². The Morgan fingerprint density at radius 1 is 1.16 bits per heavy atom. The average molecular weight is 456 g/mol. The second-order valence-electron chi connectivity index (χ2n) is 7.52. The molecule has 2 heterocycles. The van der Waals surface area contributed by atoms with Gasteiger partial charge in [-0.2, -0.15) is 0 Å². The molecule has 1 fully saturated rings. The molecule has 0 radical (unpaired) electrons. The van der Waals surface area contributed by atoms with Crippen LogP contribution in [0.5, 0.6) is 5.75 Å². The van der Waals surface area contributed by atoms with E-state index < -0.39 is 0 Å². The van der Waals surface area contributed by atoms with Crippen LogP contribution >= 0.6 is 11.6 Å². The van der Waals surface area contributed by atoms with Crippen molar-refractivity contribution < 1.29 is 14.3 Å². The van der Waals surface area contributed by atoms with Gasteiger partial charge >= 0.3 is 0 Å². The number of hydrogen-bond donors (Lipinski definition) is 1. The van der Waals surface area contributed by atoms with Crippen LogP contribution in [0.1, 0.15) is 28.0 Å². The number of nitrogens with zero attached hydrogens (tertiary/aromatic N) is 4. The number of hydrogen-bond acceptors (Lipinski definition) is 6. The quantitative estimate of drug-likeness (QED) is 0.589. The minimum absolute atomic E-state index is 0.00760. The van der Waals surface area contributed by atoms with E-state index >= 15 is 0 Å². The van der Waals surface area contributed by atoms with E-state index in [2.05, 4.69) is 20.3 Å². The number of aryl methyl sites for hydroxylation is 1. The summed E-state index contributed by atoms with van der Waals surface area (Å²) < 4.78 is 12.4. The zero-order valence-corrected chi connectivity index (χ0v) is 18.9. The fourth-order valence-electron chi connectivity index (χ4n) is 3.75. The molecule has 8 nitrogen and oxygen atoms in total. The maximum atomic E-state index is 12.9. The van der Waals surface area contributed by atoms with Gasteiger partial charge in [0.1, 0.15) is 11.6 Å². The van der Waals surface area contributed by atoms with Gasteiger partial charge in [0.2, 0.25) is 5.82 Å². The SMILES string of the molecule is COc1ccc(C(CNC(=O)c2nc(C)n(-c3ccc(Cl)cc3)n2)N2CCOCC2)cc1. The van der Waals surface area contributed by atoms with Gasteiger partial charge in [-0.1, -0.05) is 23.7 Å². The Morgan fingerprint density at radius 3 is 2.50 bits per heavy atom. The third-order valence-corrected chi connectivity index (χ3v) is 5.74. The van der Waals surface area contributed by atoms with Gasteiger partial charge in [0, 0.05) is 24.7 Å². The Bertz CT molecular complexity index is 1050. The molecule has 1 atom stereocenters. The number of amides is 1. The Kier molecular flexibility index (Phi) is 7.04. The van der Waals surface area contributed by atoms with Gasteiger partial charge < -0.3 is 14.8 Å². The van der Waals surface area contributed by atoms with E-state index in [-0.39, 0.29) is 17.8 Å². The molecule has 1 aromatic heterocycles. The molecule has 2 aromatic carbocycles. The van der Waals surface area contributed by atoms with Gasteiger partial charge in [-0.3, -0.25) is 9.69 Å². The smallest absolute Gasteiger partial charge is 0.291 e. The summed E-state index contributed by atoms with van der Waals surface area (Å²) in [7, 11) is 1.65. The van der Waals surface area contributed by atoms with Crippen LogP contribution in [0, 0.1) is 6.92 Å². The first-order valence-corrected chi connectivity index (χ1v) is 10.9.